The van der Waals surface area contributed by atoms with E-state index < -0.39 is 0 Å². The zero-order chi connectivity index (χ0) is 18.8. The molecule has 1 aromatic heterocycles. The maximum atomic E-state index is 13.4. The van der Waals surface area contributed by atoms with Gasteiger partial charge in [0.1, 0.15) is 6.33 Å². The quantitative estimate of drug-likeness (QED) is 0.882. The Morgan fingerprint density at radius 1 is 1.26 bits per heavy atom. The maximum absolute atomic E-state index is 13.4. The summed E-state index contributed by atoms with van der Waals surface area (Å²) in [6.07, 6.45) is 5.25. The van der Waals surface area contributed by atoms with Crippen LogP contribution in [0.25, 0.3) is 11.4 Å². The Hall–Kier alpha value is -2.21. The molecule has 6 heteroatoms. The van der Waals surface area contributed by atoms with Crippen molar-refractivity contribution in [3.8, 4) is 11.4 Å². The number of carbonyl (C=O) groups is 1. The average Bonchev–Trinajstić information content (AvgIpc) is 3.38. The molecule has 0 spiro atoms. The second-order valence-corrected chi connectivity index (χ2v) is 8.23. The topological polar surface area (TPSA) is 65.1 Å². The van der Waals surface area contributed by atoms with Crippen LogP contribution in [0.2, 0.25) is 0 Å². The summed E-state index contributed by atoms with van der Waals surface area (Å²) in [5.41, 5.74) is 1.52. The third-order valence-electron chi connectivity index (χ3n) is 5.82. The Morgan fingerprint density at radius 3 is 2.78 bits per heavy atom. The molecule has 1 aliphatic carbocycles. The summed E-state index contributed by atoms with van der Waals surface area (Å²) in [6, 6.07) is 8.12. The van der Waals surface area contributed by atoms with E-state index in [0.29, 0.717) is 23.3 Å². The molecule has 144 valence electrons. The average molecular weight is 367 g/mol. The van der Waals surface area contributed by atoms with Crippen molar-refractivity contribution < 1.29 is 4.79 Å². The van der Waals surface area contributed by atoms with E-state index in [4.69, 9.17) is 0 Å². The Balaban J connectivity index is 1.57. The zero-order valence-corrected chi connectivity index (χ0v) is 16.3. The van der Waals surface area contributed by atoms with Crippen LogP contribution in [-0.4, -0.2) is 63.1 Å². The first-order valence-electron chi connectivity index (χ1n) is 10.1. The van der Waals surface area contributed by atoms with E-state index in [-0.39, 0.29) is 5.91 Å². The van der Waals surface area contributed by atoms with Gasteiger partial charge in [-0.05, 0) is 37.2 Å². The van der Waals surface area contributed by atoms with E-state index >= 15 is 0 Å². The number of H-pyrrole nitrogens is 1. The summed E-state index contributed by atoms with van der Waals surface area (Å²) in [7, 11) is 0. The van der Waals surface area contributed by atoms with Gasteiger partial charge in [-0.25, -0.2) is 4.98 Å². The fourth-order valence-corrected chi connectivity index (χ4v) is 4.12. The van der Waals surface area contributed by atoms with Crippen molar-refractivity contribution in [2.24, 2.45) is 11.8 Å². The third kappa shape index (κ3) is 4.05. The molecule has 6 nitrogen and oxygen atoms in total. The van der Waals surface area contributed by atoms with Gasteiger partial charge in [-0.3, -0.25) is 14.8 Å². The largest absolute Gasteiger partial charge is 0.337 e. The first-order valence-corrected chi connectivity index (χ1v) is 10.1. The third-order valence-corrected chi connectivity index (χ3v) is 5.82. The van der Waals surface area contributed by atoms with Crippen LogP contribution >= 0.6 is 0 Å². The van der Waals surface area contributed by atoms with Crippen LogP contribution in [-0.2, 0) is 0 Å². The number of hydrogen-bond acceptors (Lipinski definition) is 4. The van der Waals surface area contributed by atoms with Crippen LogP contribution < -0.4 is 0 Å². The van der Waals surface area contributed by atoms with Crippen molar-refractivity contribution >= 4 is 5.91 Å². The van der Waals surface area contributed by atoms with Crippen LogP contribution in [0.3, 0.4) is 0 Å². The van der Waals surface area contributed by atoms with Crippen molar-refractivity contribution in [1.29, 1.82) is 0 Å². The molecular formula is C21H29N5O. The van der Waals surface area contributed by atoms with E-state index in [0.717, 1.165) is 37.5 Å². The van der Waals surface area contributed by atoms with E-state index in [1.54, 1.807) is 0 Å². The molecule has 1 aliphatic heterocycles. The van der Waals surface area contributed by atoms with Gasteiger partial charge >= 0.3 is 0 Å². The van der Waals surface area contributed by atoms with Gasteiger partial charge in [-0.1, -0.05) is 32.0 Å². The lowest BCUT2D eigenvalue weighted by Crippen LogP contribution is -2.46. The van der Waals surface area contributed by atoms with Crippen molar-refractivity contribution in [2.45, 2.75) is 39.2 Å². The van der Waals surface area contributed by atoms with Gasteiger partial charge in [0, 0.05) is 37.8 Å². The smallest absolute Gasteiger partial charge is 0.254 e. The van der Waals surface area contributed by atoms with E-state index in [9.17, 15) is 4.79 Å². The number of aromatic amines is 1. The fourth-order valence-electron chi connectivity index (χ4n) is 4.12. The lowest BCUT2D eigenvalue weighted by molar-refractivity contribution is 0.0705. The molecule has 1 amide bonds. The molecule has 4 rings (SSSR count). The second-order valence-electron chi connectivity index (χ2n) is 8.23. The van der Waals surface area contributed by atoms with Gasteiger partial charge in [-0.15, -0.1) is 0 Å². The highest BCUT2D eigenvalue weighted by Gasteiger charge is 2.34. The molecule has 0 bridgehead atoms. The van der Waals surface area contributed by atoms with Gasteiger partial charge in [0.05, 0.1) is 5.56 Å². The molecule has 1 N–H and O–H groups in total. The van der Waals surface area contributed by atoms with Crippen LogP contribution in [0, 0.1) is 11.8 Å². The number of benzene rings is 1. The summed E-state index contributed by atoms with van der Waals surface area (Å²) >= 11 is 0. The minimum atomic E-state index is 0.0981. The molecule has 1 saturated heterocycles. The van der Waals surface area contributed by atoms with Gasteiger partial charge in [0.2, 0.25) is 0 Å². The predicted molar refractivity (Wildman–Crippen MR) is 105 cm³/mol. The molecule has 2 aliphatic rings. The Morgan fingerprint density at radius 2 is 2.07 bits per heavy atom. The standard InChI is InChI=1S/C21H29N5O/c1-15(2)19-13-26(11-5-10-25(19)12-16-8-9-16)21(27)18-7-4-3-6-17(18)20-22-14-23-24-20/h3-4,6-7,14-16,19H,5,8-13H2,1-2H3,(H,22,23,24)/t19-/m0/s1. The van der Waals surface area contributed by atoms with Crippen LogP contribution in [0.4, 0.5) is 0 Å². The van der Waals surface area contributed by atoms with E-state index in [1.807, 2.05) is 29.2 Å². The lowest BCUT2D eigenvalue weighted by atomic mass is 10.0. The van der Waals surface area contributed by atoms with Gasteiger partial charge in [0.15, 0.2) is 5.82 Å². The number of nitrogens with one attached hydrogen (secondary N) is 1. The number of rotatable bonds is 5. The first-order chi connectivity index (χ1) is 13.1. The molecule has 2 aromatic rings. The molecule has 0 radical (unpaired) electrons. The van der Waals surface area contributed by atoms with E-state index in [2.05, 4.69) is 33.9 Å². The molecule has 2 heterocycles. The summed E-state index contributed by atoms with van der Waals surface area (Å²) in [5.74, 6) is 2.15. The second kappa shape index (κ2) is 7.80. The SMILES string of the molecule is CC(C)[C@@H]1CN(C(=O)c2ccccc2-c2ncn[nH]2)CCCN1CC1CC1. The maximum Gasteiger partial charge on any atom is 0.254 e. The summed E-state index contributed by atoms with van der Waals surface area (Å²) < 4.78 is 0. The lowest BCUT2D eigenvalue weighted by Gasteiger charge is -2.34. The van der Waals surface area contributed by atoms with Gasteiger partial charge < -0.3 is 4.90 Å². The van der Waals surface area contributed by atoms with Crippen molar-refractivity contribution in [2.75, 3.05) is 26.2 Å². The normalized spacial score (nSPS) is 21.4. The minimum absolute atomic E-state index is 0.0981. The van der Waals surface area contributed by atoms with Crippen molar-refractivity contribution in [1.82, 2.24) is 25.0 Å². The number of amides is 1. The number of hydrogen-bond donors (Lipinski definition) is 1. The highest BCUT2D eigenvalue weighted by atomic mass is 16.2. The summed E-state index contributed by atoms with van der Waals surface area (Å²) in [6.45, 7) is 8.45. The Labute approximate surface area is 161 Å². The van der Waals surface area contributed by atoms with Crippen LogP contribution in [0.15, 0.2) is 30.6 Å². The number of carbonyl (C=O) groups excluding carboxylic acids is 1. The highest BCUT2D eigenvalue weighted by Crippen LogP contribution is 2.32. The van der Waals surface area contributed by atoms with Gasteiger partial charge in [-0.2, -0.15) is 5.10 Å². The number of aromatic nitrogens is 3. The molecular weight excluding hydrogens is 338 g/mol. The monoisotopic (exact) mass is 367 g/mol. The number of nitrogens with zero attached hydrogens (tertiary/aromatic N) is 4. The molecule has 1 saturated carbocycles. The Kier molecular flexibility index (Phi) is 5.25. The van der Waals surface area contributed by atoms with Gasteiger partial charge in [0.25, 0.3) is 5.91 Å². The first kappa shape index (κ1) is 18.2. The summed E-state index contributed by atoms with van der Waals surface area (Å²) in [5, 5.41) is 6.82. The fraction of sp³-hybridized carbons (Fsp3) is 0.571. The molecule has 2 fully saturated rings. The minimum Gasteiger partial charge on any atom is -0.337 e. The molecule has 27 heavy (non-hydrogen) atoms. The molecule has 1 atom stereocenters. The highest BCUT2D eigenvalue weighted by molar-refractivity contribution is 6.00. The van der Waals surface area contributed by atoms with Crippen LogP contribution in [0.1, 0.15) is 43.5 Å². The molecule has 0 unspecified atom stereocenters. The Bertz CT molecular complexity index is 769. The predicted octanol–water partition coefficient (Wildman–Crippen LogP) is 3.05. The summed E-state index contributed by atoms with van der Waals surface area (Å²) in [4.78, 5) is 22.4. The van der Waals surface area contributed by atoms with Crippen LogP contribution in [0.5, 0.6) is 0 Å². The van der Waals surface area contributed by atoms with E-state index in [1.165, 1.54) is 25.7 Å². The zero-order valence-electron chi connectivity index (χ0n) is 16.3. The molecule has 1 aromatic carbocycles. The van der Waals surface area contributed by atoms with Crippen molar-refractivity contribution in [3.63, 3.8) is 0 Å². The van der Waals surface area contributed by atoms with Crippen molar-refractivity contribution in [3.05, 3.63) is 36.2 Å².